The number of hydrogen-bond donors (Lipinski definition) is 1. The predicted molar refractivity (Wildman–Crippen MR) is 51.6 cm³/mol. The molecule has 2 heterocycles. The minimum atomic E-state index is 0.112. The van der Waals surface area contributed by atoms with Crippen LogP contribution in [0.25, 0.3) is 0 Å². The van der Waals surface area contributed by atoms with E-state index in [1.54, 1.807) is 11.8 Å². The number of hydrogen-bond acceptors (Lipinski definition) is 5. The summed E-state index contributed by atoms with van der Waals surface area (Å²) in [5.74, 6) is 1.45. The monoisotopic (exact) mass is 210 g/mol. The van der Waals surface area contributed by atoms with Crippen LogP contribution in [0.3, 0.4) is 0 Å². The van der Waals surface area contributed by atoms with Gasteiger partial charge in [-0.25, -0.2) is 0 Å². The van der Waals surface area contributed by atoms with Crippen LogP contribution in [0.4, 0.5) is 0 Å². The summed E-state index contributed by atoms with van der Waals surface area (Å²) >= 11 is 0. The van der Waals surface area contributed by atoms with Crippen molar-refractivity contribution in [2.75, 3.05) is 13.1 Å². The van der Waals surface area contributed by atoms with Crippen LogP contribution in [0.2, 0.25) is 0 Å². The van der Waals surface area contributed by atoms with E-state index < -0.39 is 0 Å². The van der Waals surface area contributed by atoms with Crippen molar-refractivity contribution in [3.63, 3.8) is 0 Å². The molecule has 0 saturated carbocycles. The van der Waals surface area contributed by atoms with E-state index in [0.717, 1.165) is 0 Å². The summed E-state index contributed by atoms with van der Waals surface area (Å²) in [6.07, 6.45) is 0.531. The summed E-state index contributed by atoms with van der Waals surface area (Å²) in [6, 6.07) is 0. The Kier molecular flexibility index (Phi) is 2.68. The molecular weight excluding hydrogens is 196 g/mol. The smallest absolute Gasteiger partial charge is 0.246 e. The van der Waals surface area contributed by atoms with Crippen LogP contribution in [-0.2, 0) is 11.3 Å². The average molecular weight is 210 g/mol. The van der Waals surface area contributed by atoms with Gasteiger partial charge in [-0.3, -0.25) is 4.79 Å². The van der Waals surface area contributed by atoms with Gasteiger partial charge in [0.25, 0.3) is 0 Å². The normalized spacial score (nSPS) is 21.3. The van der Waals surface area contributed by atoms with Gasteiger partial charge in [0.1, 0.15) is 0 Å². The summed E-state index contributed by atoms with van der Waals surface area (Å²) in [5.41, 5.74) is 5.53. The van der Waals surface area contributed by atoms with E-state index in [0.29, 0.717) is 37.8 Å². The van der Waals surface area contributed by atoms with E-state index in [2.05, 4.69) is 10.1 Å². The highest BCUT2D eigenvalue weighted by Crippen LogP contribution is 2.18. The van der Waals surface area contributed by atoms with Crippen LogP contribution in [0, 0.1) is 12.8 Å². The van der Waals surface area contributed by atoms with Crippen LogP contribution >= 0.6 is 0 Å². The number of aromatic nitrogens is 2. The first-order chi connectivity index (χ1) is 7.19. The Morgan fingerprint density at radius 1 is 1.67 bits per heavy atom. The maximum atomic E-state index is 11.5. The van der Waals surface area contributed by atoms with Crippen LogP contribution < -0.4 is 5.73 Å². The molecule has 6 heteroatoms. The fraction of sp³-hybridized carbons (Fsp3) is 0.667. The lowest BCUT2D eigenvalue weighted by atomic mass is 10.1. The van der Waals surface area contributed by atoms with Gasteiger partial charge in [-0.05, 0) is 19.4 Å². The van der Waals surface area contributed by atoms with E-state index in [4.69, 9.17) is 10.3 Å². The zero-order valence-electron chi connectivity index (χ0n) is 8.64. The lowest BCUT2D eigenvalue weighted by Crippen LogP contribution is -2.25. The maximum absolute atomic E-state index is 11.5. The molecule has 1 atom stereocenters. The molecule has 0 bridgehead atoms. The van der Waals surface area contributed by atoms with Crippen molar-refractivity contribution >= 4 is 5.91 Å². The summed E-state index contributed by atoms with van der Waals surface area (Å²) in [7, 11) is 0. The molecule has 0 radical (unpaired) electrons. The highest BCUT2D eigenvalue weighted by Gasteiger charge is 2.29. The maximum Gasteiger partial charge on any atom is 0.246 e. The fourth-order valence-corrected chi connectivity index (χ4v) is 1.73. The molecular formula is C9H14N4O2. The third-order valence-corrected chi connectivity index (χ3v) is 2.52. The Bertz CT molecular complexity index is 363. The van der Waals surface area contributed by atoms with E-state index in [1.807, 2.05) is 0 Å². The van der Waals surface area contributed by atoms with Crippen LogP contribution in [0.15, 0.2) is 4.52 Å². The summed E-state index contributed by atoms with van der Waals surface area (Å²) in [5, 5.41) is 3.67. The van der Waals surface area contributed by atoms with E-state index in [1.165, 1.54) is 0 Å². The molecule has 6 nitrogen and oxygen atoms in total. The van der Waals surface area contributed by atoms with Crippen molar-refractivity contribution in [1.82, 2.24) is 15.0 Å². The van der Waals surface area contributed by atoms with Gasteiger partial charge in [0.2, 0.25) is 11.8 Å². The highest BCUT2D eigenvalue weighted by molar-refractivity contribution is 5.78. The van der Waals surface area contributed by atoms with Crippen LogP contribution in [-0.4, -0.2) is 34.0 Å². The Labute approximate surface area is 87.4 Å². The standard InChI is InChI=1S/C9H14N4O2/c1-6-11-8(15-12-6)5-13-4-7(3-10)2-9(13)14/h7H,2-5,10H2,1H3. The molecule has 2 rings (SSSR count). The third-order valence-electron chi connectivity index (χ3n) is 2.52. The number of rotatable bonds is 3. The van der Waals surface area contributed by atoms with Gasteiger partial charge in [-0.2, -0.15) is 4.98 Å². The molecule has 15 heavy (non-hydrogen) atoms. The van der Waals surface area contributed by atoms with Crippen molar-refractivity contribution in [3.8, 4) is 0 Å². The predicted octanol–water partition coefficient (Wildman–Crippen LogP) is -0.315. The topological polar surface area (TPSA) is 85.3 Å². The number of nitrogens with two attached hydrogens (primary N) is 1. The van der Waals surface area contributed by atoms with Gasteiger partial charge in [0.15, 0.2) is 5.82 Å². The Morgan fingerprint density at radius 2 is 2.47 bits per heavy atom. The first kappa shape index (κ1) is 10.1. The number of aryl methyl sites for hydroxylation is 1. The second-order valence-electron chi connectivity index (χ2n) is 3.82. The number of carbonyl (C=O) groups excluding carboxylic acids is 1. The van der Waals surface area contributed by atoms with Crippen LogP contribution in [0.5, 0.6) is 0 Å². The zero-order chi connectivity index (χ0) is 10.8. The van der Waals surface area contributed by atoms with Gasteiger partial charge in [0.05, 0.1) is 6.54 Å². The Morgan fingerprint density at radius 3 is 3.00 bits per heavy atom. The number of amides is 1. The molecule has 1 fully saturated rings. The highest BCUT2D eigenvalue weighted by atomic mass is 16.5. The van der Waals surface area contributed by atoms with Gasteiger partial charge in [-0.1, -0.05) is 5.16 Å². The first-order valence-electron chi connectivity index (χ1n) is 4.96. The van der Waals surface area contributed by atoms with Crippen molar-refractivity contribution in [3.05, 3.63) is 11.7 Å². The molecule has 1 amide bonds. The summed E-state index contributed by atoms with van der Waals surface area (Å²) in [4.78, 5) is 17.3. The SMILES string of the molecule is Cc1noc(CN2CC(CN)CC2=O)n1. The Hall–Kier alpha value is -1.43. The van der Waals surface area contributed by atoms with Gasteiger partial charge >= 0.3 is 0 Å². The number of likely N-dealkylation sites (tertiary alicyclic amines) is 1. The molecule has 1 unspecified atom stereocenters. The van der Waals surface area contributed by atoms with Crippen molar-refractivity contribution in [1.29, 1.82) is 0 Å². The zero-order valence-corrected chi connectivity index (χ0v) is 8.64. The molecule has 1 aliphatic heterocycles. The molecule has 0 aliphatic carbocycles. The van der Waals surface area contributed by atoms with Crippen molar-refractivity contribution in [2.45, 2.75) is 19.9 Å². The van der Waals surface area contributed by atoms with E-state index in [9.17, 15) is 4.79 Å². The minimum absolute atomic E-state index is 0.112. The molecule has 1 saturated heterocycles. The fourth-order valence-electron chi connectivity index (χ4n) is 1.73. The largest absolute Gasteiger partial charge is 0.337 e. The molecule has 2 N–H and O–H groups in total. The quantitative estimate of drug-likeness (QED) is 0.739. The third kappa shape index (κ3) is 2.15. The van der Waals surface area contributed by atoms with E-state index >= 15 is 0 Å². The molecule has 0 spiro atoms. The second-order valence-corrected chi connectivity index (χ2v) is 3.82. The molecule has 1 aliphatic rings. The van der Waals surface area contributed by atoms with Gasteiger partial charge < -0.3 is 15.2 Å². The van der Waals surface area contributed by atoms with Gasteiger partial charge in [0, 0.05) is 13.0 Å². The molecule has 1 aromatic heterocycles. The number of carbonyl (C=O) groups is 1. The lowest BCUT2D eigenvalue weighted by molar-refractivity contribution is -0.128. The average Bonchev–Trinajstić information content (AvgIpc) is 2.75. The molecule has 0 aromatic carbocycles. The summed E-state index contributed by atoms with van der Waals surface area (Å²) < 4.78 is 4.96. The van der Waals surface area contributed by atoms with Crippen molar-refractivity contribution < 1.29 is 9.32 Å². The van der Waals surface area contributed by atoms with E-state index in [-0.39, 0.29) is 11.8 Å². The Balaban J connectivity index is 1.98. The second kappa shape index (κ2) is 3.98. The number of nitrogens with zero attached hydrogens (tertiary/aromatic N) is 3. The minimum Gasteiger partial charge on any atom is -0.337 e. The van der Waals surface area contributed by atoms with Gasteiger partial charge in [-0.15, -0.1) is 0 Å². The first-order valence-corrected chi connectivity index (χ1v) is 4.96. The lowest BCUT2D eigenvalue weighted by Gasteiger charge is -2.12. The van der Waals surface area contributed by atoms with Crippen molar-refractivity contribution in [2.24, 2.45) is 11.7 Å². The summed E-state index contributed by atoms with van der Waals surface area (Å²) in [6.45, 7) is 3.39. The molecule has 82 valence electrons. The van der Waals surface area contributed by atoms with Crippen LogP contribution in [0.1, 0.15) is 18.1 Å². The molecule has 1 aromatic rings.